The van der Waals surface area contributed by atoms with Gasteiger partial charge in [0.2, 0.25) is 17.7 Å². The van der Waals surface area contributed by atoms with Crippen molar-refractivity contribution in [1.82, 2.24) is 40.6 Å². The molecule has 6 atom stereocenters. The van der Waals surface area contributed by atoms with E-state index in [-0.39, 0.29) is 59.8 Å². The first kappa shape index (κ1) is 28.4. The lowest BCUT2D eigenvalue weighted by molar-refractivity contribution is -0.158. The molecule has 0 bridgehead atoms. The van der Waals surface area contributed by atoms with E-state index in [0.717, 1.165) is 0 Å². The highest BCUT2D eigenvalue weighted by molar-refractivity contribution is 8.03. The normalized spacial score (nSPS) is 30.2. The molecular weight excluding hydrogens is 542 g/mol. The number of nitrogens with zero attached hydrogens (tertiary/aromatic N) is 6. The number of thioether (sulfide) groups is 1. The Morgan fingerprint density at radius 1 is 1.32 bits per heavy atom. The number of amides is 3. The van der Waals surface area contributed by atoms with Gasteiger partial charge in [0.1, 0.15) is 18.6 Å². The van der Waals surface area contributed by atoms with Crippen molar-refractivity contribution in [2.24, 2.45) is 17.6 Å². The molecule has 1 aromatic heterocycles. The van der Waals surface area contributed by atoms with Gasteiger partial charge in [-0.2, -0.15) is 0 Å². The summed E-state index contributed by atoms with van der Waals surface area (Å²) in [5.74, 6) is -2.68. The first-order valence-corrected chi connectivity index (χ1v) is 14.3. The number of nitrogens with two attached hydrogens (primary N) is 1. The van der Waals surface area contributed by atoms with Crippen LogP contribution in [-0.2, 0) is 25.7 Å². The van der Waals surface area contributed by atoms with E-state index in [2.05, 4.69) is 26.2 Å². The maximum atomic E-state index is 13.2. The van der Waals surface area contributed by atoms with Gasteiger partial charge in [0.15, 0.2) is 0 Å². The molecule has 0 radical (unpaired) electrons. The van der Waals surface area contributed by atoms with E-state index in [9.17, 15) is 29.4 Å². The van der Waals surface area contributed by atoms with Crippen LogP contribution in [0, 0.1) is 11.8 Å². The Bertz CT molecular complexity index is 1200. The van der Waals surface area contributed by atoms with E-state index in [1.807, 2.05) is 6.92 Å². The van der Waals surface area contributed by atoms with Crippen LogP contribution in [-0.4, -0.2) is 119 Å². The summed E-state index contributed by atoms with van der Waals surface area (Å²) in [6.07, 6.45) is 2.92. The lowest BCUT2D eigenvalue weighted by Gasteiger charge is -2.47. The van der Waals surface area contributed by atoms with Gasteiger partial charge in [0.05, 0.1) is 24.6 Å². The molecule has 0 aromatic carbocycles. The van der Waals surface area contributed by atoms with E-state index in [1.165, 1.54) is 27.7 Å². The summed E-state index contributed by atoms with van der Waals surface area (Å²) in [6.45, 7) is 4.95. The minimum absolute atomic E-state index is 0.00920. The van der Waals surface area contributed by atoms with Crippen LogP contribution in [0.4, 0.5) is 0 Å². The first-order valence-electron chi connectivity index (χ1n) is 13.4. The number of aromatic nitrogens is 4. The summed E-state index contributed by atoms with van der Waals surface area (Å²) in [7, 11) is 0. The summed E-state index contributed by atoms with van der Waals surface area (Å²) in [5, 5.41) is 36.2. The van der Waals surface area contributed by atoms with Crippen LogP contribution in [0.5, 0.6) is 0 Å². The number of aliphatic carboxylic acids is 1. The van der Waals surface area contributed by atoms with Gasteiger partial charge in [-0.05, 0) is 36.6 Å². The van der Waals surface area contributed by atoms with Crippen LogP contribution in [0.15, 0.2) is 16.9 Å². The second-order valence-electron chi connectivity index (χ2n) is 11.2. The van der Waals surface area contributed by atoms with E-state index in [0.29, 0.717) is 43.8 Å². The number of aliphatic hydroxyl groups is 1. The summed E-state index contributed by atoms with van der Waals surface area (Å²) in [4.78, 5) is 54.8. The lowest BCUT2D eigenvalue weighted by Crippen LogP contribution is -2.66. The van der Waals surface area contributed by atoms with Gasteiger partial charge in [-0.1, -0.05) is 6.92 Å². The average molecular weight is 578 g/mol. The van der Waals surface area contributed by atoms with Crippen LogP contribution < -0.4 is 16.4 Å². The topological polar surface area (TPSA) is 209 Å². The zero-order valence-electron chi connectivity index (χ0n) is 22.4. The molecule has 40 heavy (non-hydrogen) atoms. The maximum Gasteiger partial charge on any atom is 0.353 e. The first-order chi connectivity index (χ1) is 19.0. The predicted molar refractivity (Wildman–Crippen MR) is 141 cm³/mol. The second-order valence-corrected chi connectivity index (χ2v) is 12.5. The van der Waals surface area contributed by atoms with Crippen LogP contribution in [0.1, 0.15) is 33.1 Å². The molecule has 0 saturated carbocycles. The van der Waals surface area contributed by atoms with Crippen LogP contribution in [0.2, 0.25) is 0 Å². The molecule has 0 spiro atoms. The Kier molecular flexibility index (Phi) is 7.87. The summed E-state index contributed by atoms with van der Waals surface area (Å²) in [6, 6.07) is -1.28. The number of aliphatic hydroxyl groups excluding tert-OH is 1. The maximum absolute atomic E-state index is 13.2. The molecule has 5 rings (SSSR count). The van der Waals surface area contributed by atoms with Crippen molar-refractivity contribution >= 4 is 35.5 Å². The number of nitrogens with one attached hydrogen (secondary N) is 2. The van der Waals surface area contributed by atoms with Gasteiger partial charge in [-0.15, -0.1) is 16.9 Å². The van der Waals surface area contributed by atoms with E-state index in [4.69, 9.17) is 5.73 Å². The summed E-state index contributed by atoms with van der Waals surface area (Å²) >= 11 is 1.42. The molecule has 0 unspecified atom stereocenters. The number of piperidine rings is 1. The molecule has 4 aliphatic rings. The molecule has 3 amide bonds. The highest BCUT2D eigenvalue weighted by Crippen LogP contribution is 2.51. The molecule has 5 heterocycles. The van der Waals surface area contributed by atoms with Crippen molar-refractivity contribution in [1.29, 1.82) is 0 Å². The van der Waals surface area contributed by atoms with Gasteiger partial charge < -0.3 is 36.4 Å². The Balaban J connectivity index is 1.21. The highest BCUT2D eigenvalue weighted by Gasteiger charge is 2.60. The van der Waals surface area contributed by atoms with Crippen molar-refractivity contribution < 1.29 is 29.4 Å². The molecule has 218 valence electrons. The largest absolute Gasteiger partial charge is 0.477 e. The van der Waals surface area contributed by atoms with E-state index in [1.54, 1.807) is 11.8 Å². The quantitative estimate of drug-likeness (QED) is 0.197. The minimum atomic E-state index is -1.17. The van der Waals surface area contributed by atoms with E-state index >= 15 is 0 Å². The molecule has 6 N–H and O–H groups in total. The van der Waals surface area contributed by atoms with Gasteiger partial charge in [-0.25, -0.2) is 9.48 Å². The lowest BCUT2D eigenvalue weighted by atomic mass is 9.78. The minimum Gasteiger partial charge on any atom is -0.477 e. The smallest absolute Gasteiger partial charge is 0.353 e. The standard InChI is InChI=1S/C24H35N9O6S/c1-12-18-17(13(2)28-16(35)9-32-11-27-29-30-32)22(37)33(18)19(23(38)39)20(12)40-14-7-15(26-8-14)21(36)31-5-3-24(25,10-34)4-6-31/h11-15,17-18,26,34H,3-10,25H2,1-2H3,(H,28,35)(H,38,39)/t12-,13-,14+,15+,17-,18-/m1/s1. The van der Waals surface area contributed by atoms with Crippen molar-refractivity contribution in [2.75, 3.05) is 26.2 Å². The Labute approximate surface area is 234 Å². The molecule has 3 saturated heterocycles. The third kappa shape index (κ3) is 5.20. The van der Waals surface area contributed by atoms with Crippen LogP contribution in [0.25, 0.3) is 0 Å². The number of β-lactam (4-membered cyclic amide) rings is 1. The van der Waals surface area contributed by atoms with Crippen LogP contribution in [0.3, 0.4) is 0 Å². The number of carbonyl (C=O) groups excluding carboxylic acids is 3. The molecule has 16 heteroatoms. The SMILES string of the molecule is C[C@@H](NC(=O)Cn1cnnn1)[C@H]1C(=O)N2C(C(=O)O)=C(S[C@@H]3CN[C@H](C(=O)N4CCC(N)(CO)CC4)C3)[C@H](C)[C@H]12. The summed E-state index contributed by atoms with van der Waals surface area (Å²) in [5.41, 5.74) is 5.49. The molecule has 1 aromatic rings. The van der Waals surface area contributed by atoms with Gasteiger partial charge in [0.25, 0.3) is 0 Å². The summed E-state index contributed by atoms with van der Waals surface area (Å²) < 4.78 is 1.27. The average Bonchev–Trinajstić information content (AvgIpc) is 3.65. The Morgan fingerprint density at radius 2 is 2.05 bits per heavy atom. The van der Waals surface area contributed by atoms with Crippen molar-refractivity contribution in [2.45, 2.75) is 68.6 Å². The second kappa shape index (κ2) is 11.1. The third-order valence-corrected chi connectivity index (χ3v) is 10.00. The van der Waals surface area contributed by atoms with Gasteiger partial charge in [0, 0.05) is 47.3 Å². The molecular formula is C24H35N9O6S. The monoisotopic (exact) mass is 577 g/mol. The van der Waals surface area contributed by atoms with E-state index < -0.39 is 23.5 Å². The molecule has 15 nitrogen and oxygen atoms in total. The number of rotatable bonds is 9. The van der Waals surface area contributed by atoms with Gasteiger partial charge in [-0.3, -0.25) is 14.4 Å². The number of hydrogen-bond acceptors (Lipinski definition) is 11. The number of carbonyl (C=O) groups is 4. The molecule has 0 aliphatic carbocycles. The zero-order chi connectivity index (χ0) is 28.8. The highest BCUT2D eigenvalue weighted by atomic mass is 32.2. The fraction of sp³-hybridized carbons (Fsp3) is 0.708. The number of carboxylic acid groups (broad SMARTS) is 1. The third-order valence-electron chi connectivity index (χ3n) is 8.48. The van der Waals surface area contributed by atoms with Gasteiger partial charge >= 0.3 is 5.97 Å². The molecule has 3 fully saturated rings. The van der Waals surface area contributed by atoms with Crippen molar-refractivity contribution in [3.8, 4) is 0 Å². The Hall–Kier alpha value is -3.08. The fourth-order valence-electron chi connectivity index (χ4n) is 6.20. The Morgan fingerprint density at radius 3 is 2.67 bits per heavy atom. The predicted octanol–water partition coefficient (Wildman–Crippen LogP) is -2.27. The number of tetrazole rings is 1. The number of carboxylic acids is 1. The number of likely N-dealkylation sites (tertiary alicyclic amines) is 1. The molecule has 4 aliphatic heterocycles. The fourth-order valence-corrected chi connectivity index (χ4v) is 7.68. The number of hydrogen-bond donors (Lipinski definition) is 5. The number of fused-ring (bicyclic) bond motifs is 1. The van der Waals surface area contributed by atoms with Crippen molar-refractivity contribution in [3.63, 3.8) is 0 Å². The zero-order valence-corrected chi connectivity index (χ0v) is 23.2. The van der Waals surface area contributed by atoms with Crippen LogP contribution >= 0.6 is 11.8 Å². The van der Waals surface area contributed by atoms with Crippen molar-refractivity contribution in [3.05, 3.63) is 16.9 Å².